The first-order valence-corrected chi connectivity index (χ1v) is 10.0. The van der Waals surface area contributed by atoms with Gasteiger partial charge in [-0.1, -0.05) is 6.42 Å². The second kappa shape index (κ2) is 6.32. The molecule has 0 aromatic rings. The minimum absolute atomic E-state index is 0.332. The van der Waals surface area contributed by atoms with Crippen molar-refractivity contribution in [3.8, 4) is 0 Å². The molecular weight excluding hydrogens is 272 g/mol. The van der Waals surface area contributed by atoms with Crippen LogP contribution in [0.4, 0.5) is 0 Å². The molecule has 0 bridgehead atoms. The van der Waals surface area contributed by atoms with Crippen molar-refractivity contribution in [3.63, 3.8) is 0 Å². The van der Waals surface area contributed by atoms with Crippen LogP contribution in [-0.4, -0.2) is 43.6 Å². The summed E-state index contributed by atoms with van der Waals surface area (Å²) in [5.41, 5.74) is 0. The largest absolute Gasteiger partial charge is 0.314 e. The van der Waals surface area contributed by atoms with Crippen LogP contribution in [0.25, 0.3) is 0 Å². The molecule has 3 aliphatic rings. The molecular formula is C15H28N2O2S. The van der Waals surface area contributed by atoms with Gasteiger partial charge in [-0.25, -0.2) is 8.42 Å². The fourth-order valence-electron chi connectivity index (χ4n) is 3.87. The Morgan fingerprint density at radius 3 is 2.60 bits per heavy atom. The van der Waals surface area contributed by atoms with Gasteiger partial charge in [0.05, 0.1) is 5.75 Å². The first-order chi connectivity index (χ1) is 9.67. The van der Waals surface area contributed by atoms with Crippen molar-refractivity contribution < 1.29 is 8.42 Å². The molecule has 2 aliphatic carbocycles. The first-order valence-electron chi connectivity index (χ1n) is 8.40. The lowest BCUT2D eigenvalue weighted by molar-refractivity contribution is 0.202. The molecule has 0 spiro atoms. The van der Waals surface area contributed by atoms with Crippen LogP contribution in [0.5, 0.6) is 0 Å². The van der Waals surface area contributed by atoms with E-state index in [2.05, 4.69) is 5.32 Å². The lowest BCUT2D eigenvalue weighted by Gasteiger charge is -2.36. The zero-order valence-corrected chi connectivity index (χ0v) is 13.2. The highest BCUT2D eigenvalue weighted by atomic mass is 32.2. The molecule has 2 unspecified atom stereocenters. The van der Waals surface area contributed by atoms with Crippen LogP contribution in [0, 0.1) is 5.92 Å². The molecule has 1 saturated heterocycles. The highest BCUT2D eigenvalue weighted by Crippen LogP contribution is 2.38. The predicted molar refractivity (Wildman–Crippen MR) is 81.1 cm³/mol. The number of fused-ring (bicyclic) bond motifs is 1. The van der Waals surface area contributed by atoms with E-state index in [9.17, 15) is 8.42 Å². The van der Waals surface area contributed by atoms with Crippen LogP contribution in [-0.2, 0) is 10.0 Å². The van der Waals surface area contributed by atoms with E-state index in [1.807, 2.05) is 4.31 Å². The third-order valence-corrected chi connectivity index (χ3v) is 7.11. The number of rotatable bonds is 7. The van der Waals surface area contributed by atoms with Gasteiger partial charge >= 0.3 is 0 Å². The fourth-order valence-corrected chi connectivity index (χ4v) is 5.77. The van der Waals surface area contributed by atoms with Gasteiger partial charge in [0.1, 0.15) is 0 Å². The molecule has 1 heterocycles. The molecule has 0 aromatic carbocycles. The monoisotopic (exact) mass is 300 g/mol. The summed E-state index contributed by atoms with van der Waals surface area (Å²) in [4.78, 5) is 0. The first kappa shape index (κ1) is 14.8. The number of piperidine rings is 1. The average Bonchev–Trinajstić information content (AvgIpc) is 3.12. The molecule has 0 amide bonds. The third-order valence-electron chi connectivity index (χ3n) is 5.14. The van der Waals surface area contributed by atoms with Crippen molar-refractivity contribution >= 4 is 10.0 Å². The molecule has 116 valence electrons. The van der Waals surface area contributed by atoms with E-state index in [4.69, 9.17) is 0 Å². The van der Waals surface area contributed by atoms with Crippen LogP contribution in [0.2, 0.25) is 0 Å². The molecule has 20 heavy (non-hydrogen) atoms. The Kier molecular flexibility index (Phi) is 4.68. The minimum Gasteiger partial charge on any atom is -0.314 e. The van der Waals surface area contributed by atoms with E-state index in [-0.39, 0.29) is 0 Å². The molecule has 5 heteroatoms. The molecule has 0 radical (unpaired) electrons. The summed E-state index contributed by atoms with van der Waals surface area (Å²) in [7, 11) is -3.02. The predicted octanol–water partition coefficient (Wildman–Crippen LogP) is 2.11. The maximum Gasteiger partial charge on any atom is 0.214 e. The zero-order valence-electron chi connectivity index (χ0n) is 12.4. The molecule has 2 atom stereocenters. The average molecular weight is 300 g/mol. The van der Waals surface area contributed by atoms with Crippen LogP contribution in [0.1, 0.15) is 57.8 Å². The highest BCUT2D eigenvalue weighted by molar-refractivity contribution is 7.89. The topological polar surface area (TPSA) is 49.4 Å². The lowest BCUT2D eigenvalue weighted by Crippen LogP contribution is -2.47. The van der Waals surface area contributed by atoms with Gasteiger partial charge in [0.15, 0.2) is 0 Å². The Morgan fingerprint density at radius 1 is 1.00 bits per heavy atom. The Labute approximate surface area is 123 Å². The maximum atomic E-state index is 12.5. The van der Waals surface area contributed by atoms with Crippen LogP contribution >= 0.6 is 0 Å². The second-order valence-electron chi connectivity index (χ2n) is 6.76. The maximum absolute atomic E-state index is 12.5. The van der Waals surface area contributed by atoms with Crippen molar-refractivity contribution in [2.24, 2.45) is 5.92 Å². The van der Waals surface area contributed by atoms with E-state index in [1.165, 1.54) is 32.1 Å². The van der Waals surface area contributed by atoms with Gasteiger partial charge in [-0.3, -0.25) is 0 Å². The lowest BCUT2D eigenvalue weighted by atomic mass is 9.94. The summed E-state index contributed by atoms with van der Waals surface area (Å²) in [6, 6.07) is 1.06. The number of sulfonamides is 1. The normalized spacial score (nSPS) is 31.4. The summed E-state index contributed by atoms with van der Waals surface area (Å²) >= 11 is 0. The molecule has 4 nitrogen and oxygen atoms in total. The third kappa shape index (κ3) is 3.55. The minimum atomic E-state index is -3.02. The van der Waals surface area contributed by atoms with E-state index in [0.29, 0.717) is 17.7 Å². The van der Waals surface area contributed by atoms with E-state index >= 15 is 0 Å². The van der Waals surface area contributed by atoms with Crippen molar-refractivity contribution in [1.82, 2.24) is 9.62 Å². The molecule has 0 aromatic heterocycles. The summed E-state index contributed by atoms with van der Waals surface area (Å²) < 4.78 is 26.9. The van der Waals surface area contributed by atoms with Gasteiger partial charge in [0.2, 0.25) is 10.0 Å². The van der Waals surface area contributed by atoms with Gasteiger partial charge in [-0.2, -0.15) is 4.31 Å². The standard InChI is InChI=1S/C15H28N2O2S/c18-20(19,12-2-1-10-16-14-8-9-14)17-11-4-6-13-5-3-7-15(13)17/h13-16H,1-12H2. The van der Waals surface area contributed by atoms with Gasteiger partial charge < -0.3 is 5.32 Å². The Morgan fingerprint density at radius 2 is 1.80 bits per heavy atom. The highest BCUT2D eigenvalue weighted by Gasteiger charge is 2.40. The second-order valence-corrected chi connectivity index (χ2v) is 8.80. The van der Waals surface area contributed by atoms with Crippen LogP contribution in [0.15, 0.2) is 0 Å². The zero-order chi connectivity index (χ0) is 14.0. The van der Waals surface area contributed by atoms with Gasteiger partial charge in [0, 0.05) is 18.6 Å². The van der Waals surface area contributed by atoms with E-state index in [0.717, 1.165) is 44.8 Å². The number of unbranched alkanes of at least 4 members (excludes halogenated alkanes) is 1. The molecule has 2 saturated carbocycles. The summed E-state index contributed by atoms with van der Waals surface area (Å²) in [6.45, 7) is 1.75. The van der Waals surface area contributed by atoms with E-state index in [1.54, 1.807) is 0 Å². The number of hydrogen-bond acceptors (Lipinski definition) is 3. The molecule has 1 aliphatic heterocycles. The summed E-state index contributed by atoms with van der Waals surface area (Å²) in [5.74, 6) is 0.998. The van der Waals surface area contributed by atoms with Crippen molar-refractivity contribution in [3.05, 3.63) is 0 Å². The number of hydrogen-bond donors (Lipinski definition) is 1. The Balaban J connectivity index is 1.46. The van der Waals surface area contributed by atoms with Crippen LogP contribution in [0.3, 0.4) is 0 Å². The summed E-state index contributed by atoms with van der Waals surface area (Å²) in [5, 5.41) is 3.45. The Bertz CT molecular complexity index is 420. The summed E-state index contributed by atoms with van der Waals surface area (Å²) in [6.07, 6.45) is 10.2. The van der Waals surface area contributed by atoms with Gasteiger partial charge in [-0.05, 0) is 63.8 Å². The van der Waals surface area contributed by atoms with E-state index < -0.39 is 10.0 Å². The van der Waals surface area contributed by atoms with Gasteiger partial charge in [0.25, 0.3) is 0 Å². The molecule has 1 N–H and O–H groups in total. The molecule has 3 rings (SSSR count). The van der Waals surface area contributed by atoms with Crippen molar-refractivity contribution in [2.75, 3.05) is 18.8 Å². The Hall–Kier alpha value is -0.130. The van der Waals surface area contributed by atoms with Crippen molar-refractivity contribution in [1.29, 1.82) is 0 Å². The van der Waals surface area contributed by atoms with Crippen molar-refractivity contribution in [2.45, 2.75) is 69.9 Å². The van der Waals surface area contributed by atoms with Gasteiger partial charge in [-0.15, -0.1) is 0 Å². The quantitative estimate of drug-likeness (QED) is 0.733. The fraction of sp³-hybridized carbons (Fsp3) is 1.00. The van der Waals surface area contributed by atoms with Crippen LogP contribution < -0.4 is 5.32 Å². The number of nitrogens with one attached hydrogen (secondary N) is 1. The smallest absolute Gasteiger partial charge is 0.214 e. The number of nitrogens with zero attached hydrogens (tertiary/aromatic N) is 1. The molecule has 3 fully saturated rings. The SMILES string of the molecule is O=S(=O)(CCCCNC1CC1)N1CCCC2CCCC21.